The fraction of sp³-hybridized carbons (Fsp3) is 0.476. The first-order valence-corrected chi connectivity index (χ1v) is 39.4. The summed E-state index contributed by atoms with van der Waals surface area (Å²) in [5.74, 6) is -0.245. The van der Waals surface area contributed by atoms with Crippen molar-refractivity contribution in [2.45, 2.75) is 179 Å². The highest BCUT2D eigenvalue weighted by molar-refractivity contribution is 5.98. The molecule has 0 spiro atoms. The molecule has 580 valence electrons. The van der Waals surface area contributed by atoms with Crippen LogP contribution in [0, 0.1) is 0 Å². The highest BCUT2D eigenvalue weighted by atomic mass is 16.7. The van der Waals surface area contributed by atoms with Gasteiger partial charge >= 0.3 is 0 Å². The van der Waals surface area contributed by atoms with Crippen molar-refractivity contribution >= 4 is 91.6 Å². The van der Waals surface area contributed by atoms with Crippen LogP contribution in [0.5, 0.6) is 0 Å². The first kappa shape index (κ1) is 77.8. The molecule has 3 aliphatic heterocycles. The summed E-state index contributed by atoms with van der Waals surface area (Å²) in [7, 11) is 2.68. The summed E-state index contributed by atoms with van der Waals surface area (Å²) in [4.78, 5) is 138. The molecular formula is C82H102N18O10. The molecule has 4 amide bonds. The Balaban J connectivity index is 0.000000145. The minimum absolute atomic E-state index is 0.00968. The van der Waals surface area contributed by atoms with Crippen molar-refractivity contribution in [3.05, 3.63) is 174 Å². The van der Waals surface area contributed by atoms with E-state index in [2.05, 4.69) is 81.4 Å². The third-order valence-corrected chi connectivity index (χ3v) is 22.0. The van der Waals surface area contributed by atoms with Gasteiger partial charge in [0.05, 0.1) is 37.0 Å². The highest BCUT2D eigenvalue weighted by Gasteiger charge is 2.28. The lowest BCUT2D eigenvalue weighted by Gasteiger charge is -2.26. The van der Waals surface area contributed by atoms with Crippen molar-refractivity contribution in [2.24, 2.45) is 0 Å². The smallest absolute Gasteiger partial charge is 0.280 e. The van der Waals surface area contributed by atoms with Gasteiger partial charge in [-0.15, -0.1) is 0 Å². The van der Waals surface area contributed by atoms with Gasteiger partial charge in [-0.05, 0) is 176 Å². The van der Waals surface area contributed by atoms with Gasteiger partial charge in [0.15, 0.2) is 0 Å². The Hall–Kier alpha value is -10.4. The van der Waals surface area contributed by atoms with E-state index in [1.165, 1.54) is 115 Å². The Morgan fingerprint density at radius 2 is 0.736 bits per heavy atom. The quantitative estimate of drug-likeness (QED) is 0.0290. The van der Waals surface area contributed by atoms with Crippen molar-refractivity contribution < 1.29 is 33.7 Å². The largest absolute Gasteiger partial charge is 0.342 e. The van der Waals surface area contributed by atoms with E-state index in [1.807, 2.05) is 67.1 Å². The Kier molecular flexibility index (Phi) is 26.7. The predicted octanol–water partition coefficient (Wildman–Crippen LogP) is 11.8. The average molecular weight is 1500 g/mol. The Labute approximate surface area is 639 Å². The Morgan fingerprint density at radius 3 is 1.05 bits per heavy atom. The van der Waals surface area contributed by atoms with Crippen LogP contribution < -0.4 is 48.7 Å². The maximum Gasteiger partial charge on any atom is 0.280 e. The molecule has 0 unspecified atom stereocenters. The number of rotatable bonds is 25. The molecule has 6 fully saturated rings. The van der Waals surface area contributed by atoms with Gasteiger partial charge in [0.1, 0.15) is 33.6 Å². The molecule has 0 radical (unpaired) electrons. The number of hydroxylamine groups is 3. The van der Waals surface area contributed by atoms with Gasteiger partial charge in [0, 0.05) is 105 Å². The number of pyridine rings is 3. The van der Waals surface area contributed by atoms with Crippen LogP contribution in [0.3, 0.4) is 0 Å². The third-order valence-electron chi connectivity index (χ3n) is 22.0. The average Bonchev–Trinajstić information content (AvgIpc) is 0.781. The molecule has 3 saturated carbocycles. The Morgan fingerprint density at radius 1 is 0.409 bits per heavy atom. The number of aromatic nitrogens is 9. The number of nitrogens with one attached hydrogen (secondary N) is 6. The number of hydrogen-bond acceptors (Lipinski definition) is 21. The number of likely N-dealkylation sites (tertiary alicyclic amines) is 3. The van der Waals surface area contributed by atoms with Crippen LogP contribution in [0.2, 0.25) is 0 Å². The van der Waals surface area contributed by atoms with Gasteiger partial charge in [-0.25, -0.2) is 31.4 Å². The fourth-order valence-electron chi connectivity index (χ4n) is 15.9. The van der Waals surface area contributed by atoms with Gasteiger partial charge in [-0.3, -0.25) is 48.1 Å². The summed E-state index contributed by atoms with van der Waals surface area (Å²) < 4.78 is 5.93. The number of carbonyl (C=O) groups excluding carboxylic acids is 4. The summed E-state index contributed by atoms with van der Waals surface area (Å²) in [6.07, 6.45) is 35.2. The summed E-state index contributed by atoms with van der Waals surface area (Å²) in [6, 6.07) is 25.2. The molecule has 110 heavy (non-hydrogen) atoms. The van der Waals surface area contributed by atoms with Crippen molar-refractivity contribution in [1.82, 2.24) is 74.7 Å². The van der Waals surface area contributed by atoms with Gasteiger partial charge in [-0.1, -0.05) is 94.2 Å². The number of amides is 4. The number of benzene rings is 3. The maximum atomic E-state index is 13.2. The first-order valence-electron chi connectivity index (χ1n) is 39.4. The normalized spacial score (nSPS) is 16.7. The van der Waals surface area contributed by atoms with E-state index in [1.54, 1.807) is 25.5 Å². The number of nitrogens with zero attached hydrogens (tertiary/aromatic N) is 12. The van der Waals surface area contributed by atoms with Gasteiger partial charge in [0.2, 0.25) is 40.0 Å². The molecule has 0 bridgehead atoms. The molecule has 3 saturated heterocycles. The maximum absolute atomic E-state index is 13.2. The molecule has 15 rings (SSSR count). The van der Waals surface area contributed by atoms with E-state index in [9.17, 15) is 33.6 Å². The van der Waals surface area contributed by atoms with E-state index in [-0.39, 0.29) is 40.7 Å². The summed E-state index contributed by atoms with van der Waals surface area (Å²) >= 11 is 0. The highest BCUT2D eigenvalue weighted by Crippen LogP contribution is 2.34. The van der Waals surface area contributed by atoms with Crippen molar-refractivity contribution in [3.8, 4) is 0 Å². The lowest BCUT2D eigenvalue weighted by Crippen LogP contribution is -2.31. The molecule has 3 aliphatic carbocycles. The molecule has 28 heteroatoms. The van der Waals surface area contributed by atoms with E-state index >= 15 is 0 Å². The second-order valence-electron chi connectivity index (χ2n) is 29.4. The molecular weight excluding hydrogens is 1400 g/mol. The zero-order valence-electron chi connectivity index (χ0n) is 63.4. The Bertz CT molecular complexity index is 4850. The summed E-state index contributed by atoms with van der Waals surface area (Å²) in [5, 5.41) is 10.8. The minimum Gasteiger partial charge on any atom is -0.342 e. The second kappa shape index (κ2) is 37.8. The van der Waals surface area contributed by atoms with Crippen LogP contribution >= 0.6 is 0 Å². The topological polar surface area (TPSA) is 321 Å². The third kappa shape index (κ3) is 19.6. The van der Waals surface area contributed by atoms with Crippen LogP contribution in [0.25, 0.3) is 33.1 Å². The van der Waals surface area contributed by atoms with Crippen molar-refractivity contribution in [2.75, 3.05) is 89.1 Å². The van der Waals surface area contributed by atoms with Crippen molar-refractivity contribution in [1.29, 1.82) is 0 Å². The molecule has 3 aromatic carbocycles. The van der Waals surface area contributed by atoms with Crippen molar-refractivity contribution in [3.63, 3.8) is 0 Å². The zero-order chi connectivity index (χ0) is 76.3. The predicted molar refractivity (Wildman–Crippen MR) is 423 cm³/mol. The van der Waals surface area contributed by atoms with Crippen LogP contribution in [-0.4, -0.2) is 155 Å². The van der Waals surface area contributed by atoms with E-state index in [0.717, 1.165) is 152 Å². The fourth-order valence-corrected chi connectivity index (χ4v) is 15.9. The molecule has 28 nitrogen and oxygen atoms in total. The molecule has 6 N–H and O–H groups in total. The molecule has 6 aromatic heterocycles. The first-order chi connectivity index (χ1) is 53.8. The van der Waals surface area contributed by atoms with E-state index < -0.39 is 34.0 Å². The van der Waals surface area contributed by atoms with Gasteiger partial charge < -0.3 is 44.4 Å². The second-order valence-corrected chi connectivity index (χ2v) is 29.4. The van der Waals surface area contributed by atoms with Gasteiger partial charge in [0.25, 0.3) is 17.7 Å². The van der Waals surface area contributed by atoms with Crippen LogP contribution in [0.4, 0.5) is 34.9 Å². The number of anilines is 6. The number of hydrogen-bond donors (Lipinski definition) is 6. The molecule has 9 heterocycles. The molecule has 6 aliphatic rings. The van der Waals surface area contributed by atoms with Gasteiger partial charge in [-0.2, -0.15) is 15.0 Å². The zero-order valence-corrected chi connectivity index (χ0v) is 63.4. The standard InChI is InChI=1S/C28H36N6O3.C27H32N6O4.C27H34N6O3/c1-2-37-32-27(36)24-19-34(22-8-4-3-5-9-22)26-23(25(24)35)18-29-28(31-26)30-21-12-10-20(11-13-21)14-17-33-15-6-7-16-33;1-37-31-26(36)22-17-33(20-6-3-2-4-7-20)25-21(24(22)35)16-28-27(30-25)29-19-11-9-18(10-12-19)13-15-32-14-5-8-23(32)34;1-36-31-26(35)23-18-33(21-7-3-2-4-8-21)25-22(24(23)34)17-28-27(30-25)29-20-11-9-19(10-12-20)13-16-32-14-5-6-15-32/h10-13,18-19,22H,2-9,14-17H2,1H3,(H,32,36)(H,29,30,31);9-12,16-17,20H,2-8,13-15H2,1H3,(H,31,36)(H,28,29,30);9-12,17-18,21H,2-8,13-16H2,1H3,(H,31,35)(H,28,29,30). The summed E-state index contributed by atoms with van der Waals surface area (Å²) in [6.45, 7) is 10.7. The minimum atomic E-state index is -0.588. The number of fused-ring (bicyclic) bond motifs is 3. The lowest BCUT2D eigenvalue weighted by atomic mass is 9.95. The van der Waals surface area contributed by atoms with Crippen LogP contribution in [-0.2, 0) is 38.6 Å². The van der Waals surface area contributed by atoms with Crippen LogP contribution in [0.1, 0.15) is 208 Å². The monoisotopic (exact) mass is 1500 g/mol. The van der Waals surface area contributed by atoms with E-state index in [0.29, 0.717) is 64.0 Å². The lowest BCUT2D eigenvalue weighted by molar-refractivity contribution is -0.127. The SMILES string of the molecule is CCONC(=O)c1cn(C2CCCCC2)c2nc(Nc3ccc(CCN4CCCC4)cc3)ncc2c1=O.CONC(=O)c1cn(C2CCCCC2)c2nc(Nc3ccc(CCN4CCCC4)cc3)ncc2c1=O.CONC(=O)c1cn(C2CCCCC2)c2nc(Nc3ccc(CCN4CCCC4=O)cc3)ncc2c1=O. The molecule has 0 atom stereocenters. The van der Waals surface area contributed by atoms with E-state index in [4.69, 9.17) is 29.5 Å². The number of carbonyl (C=O) groups is 4. The van der Waals surface area contributed by atoms with Crippen LogP contribution in [0.15, 0.2) is 124 Å². The molecule has 9 aromatic rings. The summed E-state index contributed by atoms with van der Waals surface area (Å²) in [5.41, 5.74) is 13.7.